The van der Waals surface area contributed by atoms with Crippen LogP contribution in [0.15, 0.2) is 30.3 Å². The van der Waals surface area contributed by atoms with Crippen molar-refractivity contribution in [2.45, 2.75) is 18.9 Å². The van der Waals surface area contributed by atoms with E-state index in [0.29, 0.717) is 0 Å². The van der Waals surface area contributed by atoms with E-state index >= 15 is 0 Å². The standard InChI is InChI=1S/C11H15NO.ClH/c13-11-6-8-12(9-7-11)10-4-2-1-3-5-10;/h1-5,11,13H,6-9H2;1H. The third kappa shape index (κ3) is 2.63. The molecule has 0 spiro atoms. The normalized spacial score (nSPS) is 17.6. The molecule has 0 radical (unpaired) electrons. The number of rotatable bonds is 1. The predicted molar refractivity (Wildman–Crippen MR) is 61.1 cm³/mol. The number of piperidine rings is 1. The van der Waals surface area contributed by atoms with Gasteiger partial charge in [0.15, 0.2) is 0 Å². The summed E-state index contributed by atoms with van der Waals surface area (Å²) in [6.45, 7) is 1.95. The first-order valence-corrected chi connectivity index (χ1v) is 4.84. The van der Waals surface area contributed by atoms with E-state index < -0.39 is 0 Å². The van der Waals surface area contributed by atoms with E-state index in [1.165, 1.54) is 5.69 Å². The maximum Gasteiger partial charge on any atom is 0.0574 e. The van der Waals surface area contributed by atoms with E-state index in [9.17, 15) is 5.11 Å². The molecular weight excluding hydrogens is 198 g/mol. The molecule has 0 saturated carbocycles. The number of halogens is 1. The largest absolute Gasteiger partial charge is 0.393 e. The molecule has 1 N–H and O–H groups in total. The summed E-state index contributed by atoms with van der Waals surface area (Å²) in [5.41, 5.74) is 1.27. The summed E-state index contributed by atoms with van der Waals surface area (Å²) < 4.78 is 0. The Balaban J connectivity index is 0.000000980. The second-order valence-electron chi connectivity index (χ2n) is 3.55. The predicted octanol–water partition coefficient (Wildman–Crippen LogP) is 2.07. The van der Waals surface area contributed by atoms with Crippen molar-refractivity contribution < 1.29 is 5.11 Å². The molecule has 3 heteroatoms. The third-order valence-electron chi connectivity index (χ3n) is 2.59. The van der Waals surface area contributed by atoms with Crippen LogP contribution >= 0.6 is 12.4 Å². The van der Waals surface area contributed by atoms with Crippen LogP contribution < -0.4 is 4.90 Å². The summed E-state index contributed by atoms with van der Waals surface area (Å²) in [7, 11) is 0. The van der Waals surface area contributed by atoms with Crippen LogP contribution in [0.2, 0.25) is 0 Å². The number of para-hydroxylation sites is 1. The lowest BCUT2D eigenvalue weighted by Crippen LogP contribution is -2.35. The average Bonchev–Trinajstić information content (AvgIpc) is 2.20. The zero-order valence-corrected chi connectivity index (χ0v) is 8.91. The highest BCUT2D eigenvalue weighted by molar-refractivity contribution is 5.85. The van der Waals surface area contributed by atoms with Crippen LogP contribution in [0.3, 0.4) is 0 Å². The lowest BCUT2D eigenvalue weighted by atomic mass is 10.1. The summed E-state index contributed by atoms with van der Waals surface area (Å²) in [5, 5.41) is 9.35. The Kier molecular flexibility index (Phi) is 4.23. The molecular formula is C11H16ClNO. The van der Waals surface area contributed by atoms with Gasteiger partial charge in [0, 0.05) is 18.8 Å². The molecule has 2 rings (SSSR count). The molecule has 0 aliphatic carbocycles. The fourth-order valence-electron chi connectivity index (χ4n) is 1.76. The number of benzene rings is 1. The fourth-order valence-corrected chi connectivity index (χ4v) is 1.76. The van der Waals surface area contributed by atoms with E-state index in [1.54, 1.807) is 0 Å². The van der Waals surface area contributed by atoms with E-state index in [1.807, 2.05) is 6.07 Å². The molecule has 1 aromatic carbocycles. The molecule has 1 heterocycles. The third-order valence-corrected chi connectivity index (χ3v) is 2.59. The maximum absolute atomic E-state index is 9.35. The first kappa shape index (κ1) is 11.3. The quantitative estimate of drug-likeness (QED) is 0.772. The average molecular weight is 214 g/mol. The Bertz CT molecular complexity index is 257. The monoisotopic (exact) mass is 213 g/mol. The summed E-state index contributed by atoms with van der Waals surface area (Å²) >= 11 is 0. The number of hydrogen-bond acceptors (Lipinski definition) is 2. The Hall–Kier alpha value is -0.730. The minimum absolute atomic E-state index is 0. The van der Waals surface area contributed by atoms with Crippen LogP contribution in [0.4, 0.5) is 5.69 Å². The van der Waals surface area contributed by atoms with E-state index in [-0.39, 0.29) is 18.5 Å². The molecule has 1 saturated heterocycles. The van der Waals surface area contributed by atoms with Crippen molar-refractivity contribution in [3.05, 3.63) is 30.3 Å². The second-order valence-corrected chi connectivity index (χ2v) is 3.55. The first-order valence-electron chi connectivity index (χ1n) is 4.84. The van der Waals surface area contributed by atoms with Crippen molar-refractivity contribution in [1.82, 2.24) is 0 Å². The van der Waals surface area contributed by atoms with Crippen molar-refractivity contribution >= 4 is 18.1 Å². The van der Waals surface area contributed by atoms with Gasteiger partial charge in [0.2, 0.25) is 0 Å². The molecule has 1 fully saturated rings. The van der Waals surface area contributed by atoms with Gasteiger partial charge in [-0.1, -0.05) is 18.2 Å². The Morgan fingerprint density at radius 3 is 2.21 bits per heavy atom. The zero-order valence-electron chi connectivity index (χ0n) is 8.10. The fraction of sp³-hybridized carbons (Fsp3) is 0.455. The molecule has 0 unspecified atom stereocenters. The summed E-state index contributed by atoms with van der Waals surface area (Å²) in [6.07, 6.45) is 1.71. The van der Waals surface area contributed by atoms with Crippen LogP contribution in [0, 0.1) is 0 Å². The molecule has 78 valence electrons. The van der Waals surface area contributed by atoms with Crippen molar-refractivity contribution in [3.8, 4) is 0 Å². The second kappa shape index (κ2) is 5.23. The highest BCUT2D eigenvalue weighted by Crippen LogP contribution is 2.18. The van der Waals surface area contributed by atoms with E-state index in [2.05, 4.69) is 29.2 Å². The molecule has 0 bridgehead atoms. The number of aliphatic hydroxyl groups is 1. The molecule has 1 aromatic rings. The van der Waals surface area contributed by atoms with Crippen molar-refractivity contribution in [2.24, 2.45) is 0 Å². The summed E-state index contributed by atoms with van der Waals surface area (Å²) in [6, 6.07) is 10.4. The zero-order chi connectivity index (χ0) is 9.10. The summed E-state index contributed by atoms with van der Waals surface area (Å²) in [5.74, 6) is 0. The lowest BCUT2D eigenvalue weighted by molar-refractivity contribution is 0.145. The molecule has 0 atom stereocenters. The number of hydrogen-bond donors (Lipinski definition) is 1. The van der Waals surface area contributed by atoms with Crippen LogP contribution in [-0.4, -0.2) is 24.3 Å². The van der Waals surface area contributed by atoms with Gasteiger partial charge >= 0.3 is 0 Å². The Morgan fingerprint density at radius 2 is 1.64 bits per heavy atom. The first-order chi connectivity index (χ1) is 6.36. The van der Waals surface area contributed by atoms with Crippen LogP contribution in [0.25, 0.3) is 0 Å². The van der Waals surface area contributed by atoms with Crippen molar-refractivity contribution in [1.29, 1.82) is 0 Å². The van der Waals surface area contributed by atoms with E-state index in [4.69, 9.17) is 0 Å². The van der Waals surface area contributed by atoms with Gasteiger partial charge < -0.3 is 10.0 Å². The van der Waals surface area contributed by atoms with Gasteiger partial charge in [0.1, 0.15) is 0 Å². The summed E-state index contributed by atoms with van der Waals surface area (Å²) in [4.78, 5) is 2.33. The molecule has 0 aromatic heterocycles. The Labute approximate surface area is 91.0 Å². The van der Waals surface area contributed by atoms with Gasteiger partial charge in [-0.3, -0.25) is 0 Å². The van der Waals surface area contributed by atoms with Gasteiger partial charge in [0.05, 0.1) is 6.10 Å². The topological polar surface area (TPSA) is 23.5 Å². The molecule has 0 amide bonds. The minimum atomic E-state index is -0.0834. The van der Waals surface area contributed by atoms with Gasteiger partial charge in [-0.25, -0.2) is 0 Å². The molecule has 1 aliphatic heterocycles. The van der Waals surface area contributed by atoms with Gasteiger partial charge in [-0.2, -0.15) is 0 Å². The molecule has 2 nitrogen and oxygen atoms in total. The SMILES string of the molecule is Cl.OC1CCN(c2ccccc2)CC1. The van der Waals surface area contributed by atoms with Crippen LogP contribution in [-0.2, 0) is 0 Å². The minimum Gasteiger partial charge on any atom is -0.393 e. The van der Waals surface area contributed by atoms with Crippen molar-refractivity contribution in [3.63, 3.8) is 0 Å². The Morgan fingerprint density at radius 1 is 1.07 bits per heavy atom. The molecule has 1 aliphatic rings. The van der Waals surface area contributed by atoms with Gasteiger partial charge in [0.25, 0.3) is 0 Å². The van der Waals surface area contributed by atoms with Gasteiger partial charge in [-0.15, -0.1) is 12.4 Å². The number of anilines is 1. The highest BCUT2D eigenvalue weighted by Gasteiger charge is 2.16. The number of aliphatic hydroxyl groups excluding tert-OH is 1. The smallest absolute Gasteiger partial charge is 0.0574 e. The highest BCUT2D eigenvalue weighted by atomic mass is 35.5. The lowest BCUT2D eigenvalue weighted by Gasteiger charge is -2.31. The van der Waals surface area contributed by atoms with Crippen LogP contribution in [0.5, 0.6) is 0 Å². The van der Waals surface area contributed by atoms with E-state index in [0.717, 1.165) is 25.9 Å². The van der Waals surface area contributed by atoms with Gasteiger partial charge in [-0.05, 0) is 25.0 Å². The maximum atomic E-state index is 9.35. The van der Waals surface area contributed by atoms with Crippen LogP contribution in [0.1, 0.15) is 12.8 Å². The molecule has 14 heavy (non-hydrogen) atoms. The van der Waals surface area contributed by atoms with Crippen molar-refractivity contribution in [2.75, 3.05) is 18.0 Å². The number of nitrogens with zero attached hydrogens (tertiary/aromatic N) is 1.